The van der Waals surface area contributed by atoms with Crippen LogP contribution in [0.1, 0.15) is 11.1 Å². The van der Waals surface area contributed by atoms with Gasteiger partial charge < -0.3 is 9.47 Å². The van der Waals surface area contributed by atoms with Gasteiger partial charge >= 0.3 is 0 Å². The molecule has 0 saturated carbocycles. The van der Waals surface area contributed by atoms with Crippen LogP contribution in [-0.2, 0) is 22.3 Å². The van der Waals surface area contributed by atoms with Crippen LogP contribution in [0.2, 0.25) is 0 Å². The molecule has 76 valence electrons. The summed E-state index contributed by atoms with van der Waals surface area (Å²) in [7, 11) is 3.51. The van der Waals surface area contributed by atoms with Crippen LogP contribution >= 0.6 is 0 Å². The maximum Gasteiger partial charge on any atom is 0.0876 e. The second-order valence-corrected chi connectivity index (χ2v) is 3.73. The van der Waals surface area contributed by atoms with Crippen LogP contribution in [0.4, 0.5) is 0 Å². The Morgan fingerprint density at radius 2 is 1.36 bits per heavy atom. The van der Waals surface area contributed by atoms with Gasteiger partial charge in [-0.25, -0.2) is 0 Å². The SMILES string of the molecule is CO[C@@H]1Cc2ccccc2C[C@H]1OC. The van der Waals surface area contributed by atoms with Gasteiger partial charge in [-0.15, -0.1) is 0 Å². The summed E-state index contributed by atoms with van der Waals surface area (Å²) in [4.78, 5) is 0. The van der Waals surface area contributed by atoms with E-state index < -0.39 is 0 Å². The Balaban J connectivity index is 2.25. The van der Waals surface area contributed by atoms with Gasteiger partial charge in [-0.05, 0) is 11.1 Å². The van der Waals surface area contributed by atoms with Crippen LogP contribution in [0.3, 0.4) is 0 Å². The molecule has 1 aromatic carbocycles. The van der Waals surface area contributed by atoms with Gasteiger partial charge in [0, 0.05) is 27.1 Å². The monoisotopic (exact) mass is 192 g/mol. The summed E-state index contributed by atoms with van der Waals surface area (Å²) in [6.45, 7) is 0. The zero-order chi connectivity index (χ0) is 9.97. The van der Waals surface area contributed by atoms with Crippen molar-refractivity contribution >= 4 is 0 Å². The molecule has 0 unspecified atom stereocenters. The number of rotatable bonds is 2. The standard InChI is InChI=1S/C12H16O2/c1-13-11-7-9-5-3-4-6-10(9)8-12(11)14-2/h3-6,11-12H,7-8H2,1-2H3/t11-,12-/m1/s1. The second-order valence-electron chi connectivity index (χ2n) is 3.73. The maximum absolute atomic E-state index is 5.43. The third-order valence-corrected chi connectivity index (χ3v) is 2.98. The van der Waals surface area contributed by atoms with E-state index in [0.717, 1.165) is 12.8 Å². The Bertz CT molecular complexity index is 278. The first-order valence-electron chi connectivity index (χ1n) is 4.97. The lowest BCUT2D eigenvalue weighted by Gasteiger charge is -2.30. The Morgan fingerprint density at radius 1 is 0.929 bits per heavy atom. The Hall–Kier alpha value is -0.860. The van der Waals surface area contributed by atoms with Crippen molar-refractivity contribution in [2.24, 2.45) is 0 Å². The lowest BCUT2D eigenvalue weighted by Crippen LogP contribution is -2.37. The van der Waals surface area contributed by atoms with Crippen LogP contribution in [0.5, 0.6) is 0 Å². The summed E-state index contributed by atoms with van der Waals surface area (Å²) in [6, 6.07) is 8.51. The van der Waals surface area contributed by atoms with Crippen LogP contribution in [0.15, 0.2) is 24.3 Å². The van der Waals surface area contributed by atoms with E-state index in [2.05, 4.69) is 24.3 Å². The van der Waals surface area contributed by atoms with E-state index in [1.54, 1.807) is 14.2 Å². The molecule has 0 spiro atoms. The van der Waals surface area contributed by atoms with E-state index in [1.165, 1.54) is 11.1 Å². The lowest BCUT2D eigenvalue weighted by atomic mass is 9.88. The van der Waals surface area contributed by atoms with Crippen LogP contribution in [0.25, 0.3) is 0 Å². The molecule has 2 atom stereocenters. The molecule has 0 aliphatic heterocycles. The van der Waals surface area contributed by atoms with Crippen LogP contribution in [-0.4, -0.2) is 26.4 Å². The van der Waals surface area contributed by atoms with Gasteiger partial charge in [-0.2, -0.15) is 0 Å². The third-order valence-electron chi connectivity index (χ3n) is 2.98. The summed E-state index contributed by atoms with van der Waals surface area (Å²) in [5, 5.41) is 0. The van der Waals surface area contributed by atoms with E-state index in [-0.39, 0.29) is 12.2 Å². The van der Waals surface area contributed by atoms with Crippen molar-refractivity contribution < 1.29 is 9.47 Å². The quantitative estimate of drug-likeness (QED) is 0.711. The minimum absolute atomic E-state index is 0.204. The molecule has 14 heavy (non-hydrogen) atoms. The number of hydrogen-bond acceptors (Lipinski definition) is 2. The van der Waals surface area contributed by atoms with Gasteiger partial charge in [0.05, 0.1) is 12.2 Å². The predicted octanol–water partition coefficient (Wildman–Crippen LogP) is 1.82. The summed E-state index contributed by atoms with van der Waals surface area (Å²) < 4.78 is 10.9. The first kappa shape index (κ1) is 9.69. The van der Waals surface area contributed by atoms with E-state index in [4.69, 9.17) is 9.47 Å². The van der Waals surface area contributed by atoms with Gasteiger partial charge in [-0.3, -0.25) is 0 Å². The minimum Gasteiger partial charge on any atom is -0.378 e. The average Bonchev–Trinajstić information content (AvgIpc) is 2.27. The molecule has 0 aromatic heterocycles. The fourth-order valence-corrected chi connectivity index (χ4v) is 2.12. The number of hydrogen-bond donors (Lipinski definition) is 0. The molecule has 0 bridgehead atoms. The molecular formula is C12H16O2. The Kier molecular flexibility index (Phi) is 2.85. The zero-order valence-corrected chi connectivity index (χ0v) is 8.69. The highest BCUT2D eigenvalue weighted by Crippen LogP contribution is 2.24. The van der Waals surface area contributed by atoms with Crippen molar-refractivity contribution in [3.8, 4) is 0 Å². The van der Waals surface area contributed by atoms with Crippen molar-refractivity contribution in [3.63, 3.8) is 0 Å². The lowest BCUT2D eigenvalue weighted by molar-refractivity contribution is -0.0398. The second kappa shape index (κ2) is 4.11. The fourth-order valence-electron chi connectivity index (χ4n) is 2.12. The number of benzene rings is 1. The van der Waals surface area contributed by atoms with Crippen molar-refractivity contribution in [2.75, 3.05) is 14.2 Å². The molecule has 0 saturated heterocycles. The Morgan fingerprint density at radius 3 is 1.71 bits per heavy atom. The number of fused-ring (bicyclic) bond motifs is 1. The third kappa shape index (κ3) is 1.68. The number of methoxy groups -OCH3 is 2. The smallest absolute Gasteiger partial charge is 0.0876 e. The predicted molar refractivity (Wildman–Crippen MR) is 55.4 cm³/mol. The molecule has 0 amide bonds. The highest BCUT2D eigenvalue weighted by Gasteiger charge is 2.27. The van der Waals surface area contributed by atoms with Crippen molar-refractivity contribution in [1.29, 1.82) is 0 Å². The van der Waals surface area contributed by atoms with Gasteiger partial charge in [0.1, 0.15) is 0 Å². The Labute approximate surface area is 84.8 Å². The molecule has 2 heteroatoms. The highest BCUT2D eigenvalue weighted by atomic mass is 16.5. The van der Waals surface area contributed by atoms with E-state index in [0.29, 0.717) is 0 Å². The summed E-state index contributed by atoms with van der Waals surface area (Å²) in [6.07, 6.45) is 2.33. The first-order chi connectivity index (χ1) is 6.85. The normalized spacial score (nSPS) is 25.9. The summed E-state index contributed by atoms with van der Waals surface area (Å²) in [5.41, 5.74) is 2.79. The summed E-state index contributed by atoms with van der Waals surface area (Å²) >= 11 is 0. The molecule has 0 heterocycles. The molecule has 2 rings (SSSR count). The molecule has 0 radical (unpaired) electrons. The molecular weight excluding hydrogens is 176 g/mol. The molecule has 1 aromatic rings. The van der Waals surface area contributed by atoms with Gasteiger partial charge in [-0.1, -0.05) is 24.3 Å². The van der Waals surface area contributed by atoms with Gasteiger partial charge in [0.25, 0.3) is 0 Å². The molecule has 0 fully saturated rings. The average molecular weight is 192 g/mol. The maximum atomic E-state index is 5.43. The fraction of sp³-hybridized carbons (Fsp3) is 0.500. The van der Waals surface area contributed by atoms with E-state index >= 15 is 0 Å². The van der Waals surface area contributed by atoms with E-state index in [9.17, 15) is 0 Å². The van der Waals surface area contributed by atoms with Crippen LogP contribution < -0.4 is 0 Å². The molecule has 1 aliphatic carbocycles. The molecule has 0 N–H and O–H groups in total. The van der Waals surface area contributed by atoms with Crippen molar-refractivity contribution in [1.82, 2.24) is 0 Å². The number of ether oxygens (including phenoxy) is 2. The topological polar surface area (TPSA) is 18.5 Å². The van der Waals surface area contributed by atoms with Crippen LogP contribution in [0, 0.1) is 0 Å². The van der Waals surface area contributed by atoms with Gasteiger partial charge in [0.2, 0.25) is 0 Å². The molecule has 2 nitrogen and oxygen atoms in total. The highest BCUT2D eigenvalue weighted by molar-refractivity contribution is 5.31. The summed E-state index contributed by atoms with van der Waals surface area (Å²) in [5.74, 6) is 0. The first-order valence-corrected chi connectivity index (χ1v) is 4.97. The largest absolute Gasteiger partial charge is 0.378 e. The minimum atomic E-state index is 0.204. The molecule has 1 aliphatic rings. The van der Waals surface area contributed by atoms with E-state index in [1.807, 2.05) is 0 Å². The van der Waals surface area contributed by atoms with Gasteiger partial charge in [0.15, 0.2) is 0 Å². The zero-order valence-electron chi connectivity index (χ0n) is 8.69. The van der Waals surface area contributed by atoms with Crippen molar-refractivity contribution in [3.05, 3.63) is 35.4 Å². The van der Waals surface area contributed by atoms with Crippen molar-refractivity contribution in [2.45, 2.75) is 25.0 Å².